The fraction of sp³-hybridized carbons (Fsp3) is 0.267. The van der Waals surface area contributed by atoms with Crippen molar-refractivity contribution in [2.24, 2.45) is 4.99 Å². The fourth-order valence-electron chi connectivity index (χ4n) is 1.40. The largest absolute Gasteiger partial charge is 0.486 e. The average Bonchev–Trinajstić information content (AvgIpc) is 2.51. The summed E-state index contributed by atoms with van der Waals surface area (Å²) >= 11 is 6.02. The molecule has 22 heavy (non-hydrogen) atoms. The number of ketones is 1. The van der Waals surface area contributed by atoms with Crippen molar-refractivity contribution in [1.82, 2.24) is 0 Å². The molecule has 118 valence electrons. The van der Waals surface area contributed by atoms with Gasteiger partial charge in [0.1, 0.15) is 6.61 Å². The van der Waals surface area contributed by atoms with E-state index in [9.17, 15) is 9.59 Å². The number of rotatable bonds is 8. The second-order valence-electron chi connectivity index (χ2n) is 3.99. The summed E-state index contributed by atoms with van der Waals surface area (Å²) in [6, 6.07) is 4.65. The summed E-state index contributed by atoms with van der Waals surface area (Å²) < 4.78 is 14.2. The number of aliphatic imine (C=N–C) groups is 1. The number of benzene rings is 1. The van der Waals surface area contributed by atoms with Gasteiger partial charge >= 0.3 is 5.97 Å². The summed E-state index contributed by atoms with van der Waals surface area (Å²) in [7, 11) is 2.97. The number of methoxy groups -OCH3 is 2. The van der Waals surface area contributed by atoms with Crippen LogP contribution in [0.3, 0.4) is 0 Å². The number of carbonyl (C=O) groups is 2. The van der Waals surface area contributed by atoms with Gasteiger partial charge in [-0.3, -0.25) is 4.79 Å². The average molecular weight is 326 g/mol. The third kappa shape index (κ3) is 6.07. The highest BCUT2D eigenvalue weighted by Crippen LogP contribution is 2.23. The van der Waals surface area contributed by atoms with E-state index in [1.807, 2.05) is 0 Å². The van der Waals surface area contributed by atoms with Crippen LogP contribution in [0.2, 0.25) is 5.02 Å². The Morgan fingerprint density at radius 1 is 1.23 bits per heavy atom. The van der Waals surface area contributed by atoms with Crippen molar-refractivity contribution in [3.8, 4) is 0 Å². The lowest BCUT2D eigenvalue weighted by molar-refractivity contribution is -0.138. The molecule has 7 heteroatoms. The summed E-state index contributed by atoms with van der Waals surface area (Å²) in [5.74, 6) is -1.03. The molecule has 0 unspecified atom stereocenters. The van der Waals surface area contributed by atoms with Gasteiger partial charge in [0.15, 0.2) is 12.2 Å². The van der Waals surface area contributed by atoms with E-state index >= 15 is 0 Å². The molecular formula is C15H16ClNO5. The molecule has 0 radical (unpaired) electrons. The fourth-order valence-corrected chi connectivity index (χ4v) is 1.67. The van der Waals surface area contributed by atoms with Crippen LogP contribution in [0, 0.1) is 0 Å². The van der Waals surface area contributed by atoms with Crippen LogP contribution >= 0.6 is 11.6 Å². The Kier molecular flexibility index (Phi) is 7.88. The normalized spacial score (nSPS) is 11.0. The quantitative estimate of drug-likeness (QED) is 0.183. The minimum absolute atomic E-state index is 0.126. The van der Waals surface area contributed by atoms with Crippen molar-refractivity contribution in [2.75, 3.05) is 27.4 Å². The van der Waals surface area contributed by atoms with Crippen LogP contribution in [0.4, 0.5) is 5.69 Å². The molecule has 0 spiro atoms. The summed E-state index contributed by atoms with van der Waals surface area (Å²) in [5, 5.41) is 0.230. The standard InChI is InChI=1S/C15H16ClNO5/c1-20-7-8-22-15(19)6-5-14(18)12-4-3-11(9-13(12)16)17-10-21-2/h3-6,9-10H,7-8H2,1-2H3. The number of esters is 1. The highest BCUT2D eigenvalue weighted by molar-refractivity contribution is 6.35. The van der Waals surface area contributed by atoms with Crippen LogP contribution in [-0.4, -0.2) is 45.6 Å². The van der Waals surface area contributed by atoms with E-state index in [1.165, 1.54) is 32.8 Å². The molecule has 0 fully saturated rings. The van der Waals surface area contributed by atoms with Gasteiger partial charge in [0, 0.05) is 18.7 Å². The van der Waals surface area contributed by atoms with Crippen molar-refractivity contribution in [3.63, 3.8) is 0 Å². The van der Waals surface area contributed by atoms with Crippen molar-refractivity contribution < 1.29 is 23.8 Å². The molecule has 0 atom stereocenters. The molecule has 0 saturated carbocycles. The molecule has 0 aliphatic rings. The molecule has 0 amide bonds. The summed E-state index contributed by atoms with van der Waals surface area (Å²) in [6.45, 7) is 0.420. The van der Waals surface area contributed by atoms with E-state index in [0.29, 0.717) is 12.3 Å². The van der Waals surface area contributed by atoms with Crippen LogP contribution < -0.4 is 0 Å². The number of allylic oxidation sites excluding steroid dienone is 1. The molecule has 0 aromatic heterocycles. The Morgan fingerprint density at radius 2 is 2.00 bits per heavy atom. The number of ether oxygens (including phenoxy) is 3. The van der Waals surface area contributed by atoms with Crippen LogP contribution in [0.25, 0.3) is 0 Å². The Labute approximate surface area is 133 Å². The Balaban J connectivity index is 2.69. The van der Waals surface area contributed by atoms with Crippen molar-refractivity contribution >= 4 is 35.4 Å². The van der Waals surface area contributed by atoms with E-state index < -0.39 is 11.8 Å². The zero-order valence-corrected chi connectivity index (χ0v) is 13.0. The molecule has 0 bridgehead atoms. The molecule has 0 heterocycles. The third-order valence-corrected chi connectivity index (χ3v) is 2.74. The molecular weight excluding hydrogens is 310 g/mol. The Hall–Kier alpha value is -2.18. The lowest BCUT2D eigenvalue weighted by Crippen LogP contribution is -2.07. The smallest absolute Gasteiger partial charge is 0.330 e. The predicted octanol–water partition coefficient (Wildman–Crippen LogP) is 2.57. The minimum atomic E-state index is -0.622. The van der Waals surface area contributed by atoms with Gasteiger partial charge in [0.2, 0.25) is 0 Å². The van der Waals surface area contributed by atoms with Crippen molar-refractivity contribution in [2.45, 2.75) is 0 Å². The van der Waals surface area contributed by atoms with Crippen LogP contribution in [0.15, 0.2) is 35.3 Å². The number of halogens is 1. The van der Waals surface area contributed by atoms with E-state index in [1.54, 1.807) is 6.07 Å². The van der Waals surface area contributed by atoms with E-state index in [0.717, 1.165) is 12.2 Å². The lowest BCUT2D eigenvalue weighted by Gasteiger charge is -2.02. The third-order valence-electron chi connectivity index (χ3n) is 2.43. The molecule has 1 aromatic carbocycles. The lowest BCUT2D eigenvalue weighted by atomic mass is 10.1. The highest BCUT2D eigenvalue weighted by Gasteiger charge is 2.09. The van der Waals surface area contributed by atoms with Gasteiger partial charge in [-0.2, -0.15) is 0 Å². The van der Waals surface area contributed by atoms with Gasteiger partial charge < -0.3 is 14.2 Å². The van der Waals surface area contributed by atoms with Gasteiger partial charge in [-0.05, 0) is 24.3 Å². The maximum Gasteiger partial charge on any atom is 0.330 e. The van der Waals surface area contributed by atoms with Gasteiger partial charge in [-0.15, -0.1) is 0 Å². The molecule has 0 N–H and O–H groups in total. The molecule has 1 aromatic rings. The maximum absolute atomic E-state index is 12.0. The molecule has 0 saturated heterocycles. The van der Waals surface area contributed by atoms with Gasteiger partial charge in [-0.1, -0.05) is 11.6 Å². The molecule has 1 rings (SSSR count). The number of hydrogen-bond acceptors (Lipinski definition) is 6. The van der Waals surface area contributed by atoms with E-state index in [4.69, 9.17) is 25.8 Å². The van der Waals surface area contributed by atoms with E-state index in [-0.39, 0.29) is 17.2 Å². The zero-order chi connectivity index (χ0) is 16.4. The monoisotopic (exact) mass is 325 g/mol. The number of carbonyl (C=O) groups excluding carboxylic acids is 2. The SMILES string of the molecule is COC=Nc1ccc(C(=O)C=CC(=O)OCCOC)c(Cl)c1. The topological polar surface area (TPSA) is 74.2 Å². The predicted molar refractivity (Wildman–Crippen MR) is 82.9 cm³/mol. The minimum Gasteiger partial charge on any atom is -0.486 e. The zero-order valence-electron chi connectivity index (χ0n) is 12.2. The molecule has 0 aliphatic carbocycles. The van der Waals surface area contributed by atoms with Crippen LogP contribution in [0.1, 0.15) is 10.4 Å². The maximum atomic E-state index is 12.0. The summed E-state index contributed by atoms with van der Waals surface area (Å²) in [6.07, 6.45) is 3.41. The van der Waals surface area contributed by atoms with Crippen LogP contribution in [0.5, 0.6) is 0 Å². The Bertz CT molecular complexity index is 583. The van der Waals surface area contributed by atoms with Gasteiger partial charge in [0.25, 0.3) is 0 Å². The van der Waals surface area contributed by atoms with E-state index in [2.05, 4.69) is 4.99 Å². The van der Waals surface area contributed by atoms with Gasteiger partial charge in [0.05, 0.1) is 24.4 Å². The highest BCUT2D eigenvalue weighted by atomic mass is 35.5. The second kappa shape index (κ2) is 9.70. The first-order chi connectivity index (χ1) is 10.6. The first-order valence-corrected chi connectivity index (χ1v) is 6.69. The van der Waals surface area contributed by atoms with Crippen molar-refractivity contribution in [1.29, 1.82) is 0 Å². The number of hydrogen-bond donors (Lipinski definition) is 0. The first kappa shape index (κ1) is 17.9. The number of nitrogens with zero attached hydrogens (tertiary/aromatic N) is 1. The summed E-state index contributed by atoms with van der Waals surface area (Å²) in [4.78, 5) is 27.2. The molecule has 0 aliphatic heterocycles. The van der Waals surface area contributed by atoms with Gasteiger partial charge in [-0.25, -0.2) is 9.79 Å². The first-order valence-electron chi connectivity index (χ1n) is 6.31. The Morgan fingerprint density at radius 3 is 2.64 bits per heavy atom. The molecule has 6 nitrogen and oxygen atoms in total. The van der Waals surface area contributed by atoms with Crippen molar-refractivity contribution in [3.05, 3.63) is 40.9 Å². The van der Waals surface area contributed by atoms with Crippen LogP contribution in [-0.2, 0) is 19.0 Å². The second-order valence-corrected chi connectivity index (χ2v) is 4.40. The summed E-state index contributed by atoms with van der Waals surface area (Å²) in [5.41, 5.74) is 0.810.